The van der Waals surface area contributed by atoms with Crippen LogP contribution in [0.4, 0.5) is 0 Å². The molecule has 0 heterocycles. The Morgan fingerprint density at radius 3 is 2.62 bits per heavy atom. The molecular formula is C14H18O2. The van der Waals surface area contributed by atoms with Gasteiger partial charge in [-0.2, -0.15) is 0 Å². The van der Waals surface area contributed by atoms with Gasteiger partial charge >= 0.3 is 0 Å². The molecule has 1 rings (SSSR count). The fraction of sp³-hybridized carbons (Fsp3) is 0.429. The van der Waals surface area contributed by atoms with E-state index in [-0.39, 0.29) is 6.10 Å². The van der Waals surface area contributed by atoms with Crippen LogP contribution in [0.25, 0.3) is 0 Å². The lowest BCUT2D eigenvalue weighted by Crippen LogP contribution is -2.06. The average Bonchev–Trinajstić information content (AvgIpc) is 2.26. The first-order chi connectivity index (χ1) is 7.67. The molecular weight excluding hydrogens is 200 g/mol. The van der Waals surface area contributed by atoms with Gasteiger partial charge in [0.05, 0.1) is 18.8 Å². The van der Waals surface area contributed by atoms with Crippen molar-refractivity contribution in [2.24, 2.45) is 0 Å². The van der Waals surface area contributed by atoms with E-state index in [4.69, 9.17) is 9.47 Å². The molecule has 0 aromatic heterocycles. The van der Waals surface area contributed by atoms with Gasteiger partial charge in [0.1, 0.15) is 11.5 Å². The van der Waals surface area contributed by atoms with Gasteiger partial charge in [-0.3, -0.25) is 0 Å². The van der Waals surface area contributed by atoms with Crippen molar-refractivity contribution >= 4 is 0 Å². The number of methoxy groups -OCH3 is 1. The lowest BCUT2D eigenvalue weighted by molar-refractivity contribution is 0.240. The Labute approximate surface area is 97.6 Å². The molecule has 0 saturated carbocycles. The van der Waals surface area contributed by atoms with Gasteiger partial charge in [0.25, 0.3) is 0 Å². The van der Waals surface area contributed by atoms with Crippen molar-refractivity contribution in [3.8, 4) is 23.3 Å². The highest BCUT2D eigenvalue weighted by atomic mass is 16.5. The van der Waals surface area contributed by atoms with Crippen LogP contribution in [0, 0.1) is 11.8 Å². The number of hydrogen-bond acceptors (Lipinski definition) is 2. The highest BCUT2D eigenvalue weighted by Gasteiger charge is 2.05. The van der Waals surface area contributed by atoms with Crippen molar-refractivity contribution in [1.82, 2.24) is 0 Å². The first kappa shape index (κ1) is 12.4. The van der Waals surface area contributed by atoms with Crippen LogP contribution in [0.3, 0.4) is 0 Å². The summed E-state index contributed by atoms with van der Waals surface area (Å²) < 4.78 is 10.9. The third-order valence-electron chi connectivity index (χ3n) is 1.95. The molecule has 2 nitrogen and oxygen atoms in total. The molecule has 0 N–H and O–H groups in total. The van der Waals surface area contributed by atoms with Crippen molar-refractivity contribution in [3.63, 3.8) is 0 Å². The van der Waals surface area contributed by atoms with Crippen LogP contribution >= 0.6 is 0 Å². The van der Waals surface area contributed by atoms with Crippen LogP contribution in [0.15, 0.2) is 18.2 Å². The summed E-state index contributed by atoms with van der Waals surface area (Å²) in [6.45, 7) is 6.02. The van der Waals surface area contributed by atoms with Gasteiger partial charge in [0.15, 0.2) is 0 Å². The molecule has 1 aromatic carbocycles. The summed E-state index contributed by atoms with van der Waals surface area (Å²) in [5, 5.41) is 0. The SMILES string of the molecule is CCC#Cc1ccc(OC)cc1OC(C)C. The molecule has 0 atom stereocenters. The van der Waals surface area contributed by atoms with Crippen molar-refractivity contribution in [3.05, 3.63) is 23.8 Å². The lowest BCUT2D eigenvalue weighted by Gasteiger charge is -2.12. The van der Waals surface area contributed by atoms with Crippen LogP contribution in [-0.4, -0.2) is 13.2 Å². The van der Waals surface area contributed by atoms with Gasteiger partial charge in [-0.1, -0.05) is 18.8 Å². The van der Waals surface area contributed by atoms with E-state index in [0.29, 0.717) is 0 Å². The maximum atomic E-state index is 5.70. The maximum Gasteiger partial charge on any atom is 0.138 e. The Morgan fingerprint density at radius 2 is 2.06 bits per heavy atom. The Bertz CT molecular complexity index is 397. The molecule has 0 bridgehead atoms. The molecule has 0 fully saturated rings. The van der Waals surface area contributed by atoms with Gasteiger partial charge in [-0.15, -0.1) is 0 Å². The summed E-state index contributed by atoms with van der Waals surface area (Å²) in [6, 6.07) is 5.70. The highest BCUT2D eigenvalue weighted by molar-refractivity contribution is 5.49. The Morgan fingerprint density at radius 1 is 1.31 bits per heavy atom. The molecule has 2 heteroatoms. The minimum Gasteiger partial charge on any atom is -0.497 e. The first-order valence-electron chi connectivity index (χ1n) is 5.51. The summed E-state index contributed by atoms with van der Waals surface area (Å²) in [5.41, 5.74) is 0.913. The molecule has 86 valence electrons. The molecule has 0 unspecified atom stereocenters. The summed E-state index contributed by atoms with van der Waals surface area (Å²) in [7, 11) is 1.64. The highest BCUT2D eigenvalue weighted by Crippen LogP contribution is 2.25. The molecule has 0 radical (unpaired) electrons. The van der Waals surface area contributed by atoms with E-state index >= 15 is 0 Å². The largest absolute Gasteiger partial charge is 0.497 e. The molecule has 0 aliphatic carbocycles. The smallest absolute Gasteiger partial charge is 0.138 e. The predicted molar refractivity (Wildman–Crippen MR) is 65.9 cm³/mol. The molecule has 0 spiro atoms. The third-order valence-corrected chi connectivity index (χ3v) is 1.95. The minimum atomic E-state index is 0.134. The van der Waals surface area contributed by atoms with Gasteiger partial charge in [-0.25, -0.2) is 0 Å². The van der Waals surface area contributed by atoms with Crippen molar-refractivity contribution < 1.29 is 9.47 Å². The quantitative estimate of drug-likeness (QED) is 0.725. The maximum absolute atomic E-state index is 5.70. The van der Waals surface area contributed by atoms with Gasteiger partial charge < -0.3 is 9.47 Å². The van der Waals surface area contributed by atoms with Crippen molar-refractivity contribution in [2.75, 3.05) is 7.11 Å². The summed E-state index contributed by atoms with van der Waals surface area (Å²) in [5.74, 6) is 7.71. The number of rotatable bonds is 3. The minimum absolute atomic E-state index is 0.134. The van der Waals surface area contributed by atoms with E-state index in [9.17, 15) is 0 Å². The molecule has 0 aliphatic heterocycles. The molecule has 0 amide bonds. The van der Waals surface area contributed by atoms with E-state index < -0.39 is 0 Å². The fourth-order valence-electron chi connectivity index (χ4n) is 1.27. The fourth-order valence-corrected chi connectivity index (χ4v) is 1.27. The average molecular weight is 218 g/mol. The summed E-state index contributed by atoms with van der Waals surface area (Å²) in [4.78, 5) is 0. The van der Waals surface area contributed by atoms with Crippen molar-refractivity contribution in [1.29, 1.82) is 0 Å². The first-order valence-corrected chi connectivity index (χ1v) is 5.51. The second kappa shape index (κ2) is 6.07. The van der Waals surface area contributed by atoms with Crippen LogP contribution in [-0.2, 0) is 0 Å². The zero-order chi connectivity index (χ0) is 12.0. The topological polar surface area (TPSA) is 18.5 Å². The second-order valence-electron chi connectivity index (χ2n) is 3.68. The Kier molecular flexibility index (Phi) is 4.72. The summed E-state index contributed by atoms with van der Waals surface area (Å²) >= 11 is 0. The van der Waals surface area contributed by atoms with E-state index in [1.807, 2.05) is 39.0 Å². The third kappa shape index (κ3) is 3.51. The van der Waals surface area contributed by atoms with E-state index in [1.165, 1.54) is 0 Å². The standard InChI is InChI=1S/C14H18O2/c1-5-6-7-12-8-9-13(15-4)10-14(12)16-11(2)3/h8-11H,5H2,1-4H3. The number of benzene rings is 1. The van der Waals surface area contributed by atoms with Crippen LogP contribution in [0.1, 0.15) is 32.8 Å². The van der Waals surface area contributed by atoms with Gasteiger partial charge in [0, 0.05) is 12.5 Å². The lowest BCUT2D eigenvalue weighted by atomic mass is 10.2. The molecule has 0 saturated heterocycles. The van der Waals surface area contributed by atoms with Crippen molar-refractivity contribution in [2.45, 2.75) is 33.3 Å². The zero-order valence-corrected chi connectivity index (χ0v) is 10.3. The Hall–Kier alpha value is -1.62. The number of hydrogen-bond donors (Lipinski definition) is 0. The van der Waals surface area contributed by atoms with E-state index in [1.54, 1.807) is 7.11 Å². The summed E-state index contributed by atoms with van der Waals surface area (Å²) in [6.07, 6.45) is 0.974. The van der Waals surface area contributed by atoms with Gasteiger partial charge in [0.2, 0.25) is 0 Å². The normalized spacial score (nSPS) is 9.56. The molecule has 1 aromatic rings. The monoisotopic (exact) mass is 218 g/mol. The molecule has 16 heavy (non-hydrogen) atoms. The van der Waals surface area contributed by atoms with E-state index in [2.05, 4.69) is 11.8 Å². The van der Waals surface area contributed by atoms with Gasteiger partial charge in [-0.05, 0) is 26.0 Å². The zero-order valence-electron chi connectivity index (χ0n) is 10.3. The molecule has 0 aliphatic rings. The van der Waals surface area contributed by atoms with Crippen LogP contribution in [0.5, 0.6) is 11.5 Å². The number of ether oxygens (including phenoxy) is 2. The van der Waals surface area contributed by atoms with Crippen LogP contribution < -0.4 is 9.47 Å². The predicted octanol–water partition coefficient (Wildman–Crippen LogP) is 3.24. The van der Waals surface area contributed by atoms with E-state index in [0.717, 1.165) is 23.5 Å². The Balaban J connectivity index is 3.05. The second-order valence-corrected chi connectivity index (χ2v) is 3.68. The van der Waals surface area contributed by atoms with Crippen LogP contribution in [0.2, 0.25) is 0 Å².